The Labute approximate surface area is 136 Å². The van der Waals surface area contributed by atoms with E-state index in [9.17, 15) is 4.79 Å². The summed E-state index contributed by atoms with van der Waals surface area (Å²) in [6.45, 7) is 4.19. The van der Waals surface area contributed by atoms with E-state index in [-0.39, 0.29) is 18.7 Å². The second kappa shape index (κ2) is 5.57. The van der Waals surface area contributed by atoms with Gasteiger partial charge in [0, 0.05) is 28.8 Å². The molecule has 7 heteroatoms. The number of carbonyl (C=O) groups is 1. The average molecular weight is 366 g/mol. The van der Waals surface area contributed by atoms with Crippen LogP contribution < -0.4 is 20.5 Å². The molecule has 0 saturated carbocycles. The fraction of sp³-hybridized carbons (Fsp3) is 0.267. The summed E-state index contributed by atoms with van der Waals surface area (Å²) in [6, 6.07) is 5.27. The zero-order chi connectivity index (χ0) is 15.9. The van der Waals surface area contributed by atoms with Gasteiger partial charge in [-0.1, -0.05) is 0 Å². The summed E-state index contributed by atoms with van der Waals surface area (Å²) >= 11 is 3.40. The van der Waals surface area contributed by atoms with E-state index in [4.69, 9.17) is 15.2 Å². The van der Waals surface area contributed by atoms with Crippen LogP contribution in [0.4, 0.5) is 11.4 Å². The van der Waals surface area contributed by atoms with Crippen LogP contribution in [0, 0.1) is 0 Å². The van der Waals surface area contributed by atoms with Crippen molar-refractivity contribution < 1.29 is 14.3 Å². The van der Waals surface area contributed by atoms with E-state index < -0.39 is 0 Å². The van der Waals surface area contributed by atoms with Crippen LogP contribution in [-0.2, 0) is 0 Å². The molecule has 0 spiro atoms. The van der Waals surface area contributed by atoms with Gasteiger partial charge in [0.25, 0.3) is 5.91 Å². The molecule has 1 aliphatic heterocycles. The number of nitrogen functional groups attached to an aromatic ring is 1. The molecular weight excluding hydrogens is 350 g/mol. The first-order valence-electron chi connectivity index (χ1n) is 6.83. The number of benzene rings is 1. The van der Waals surface area contributed by atoms with Crippen molar-refractivity contribution in [3.05, 3.63) is 34.6 Å². The summed E-state index contributed by atoms with van der Waals surface area (Å²) in [5.41, 5.74) is 7.44. The van der Waals surface area contributed by atoms with E-state index in [1.165, 1.54) is 0 Å². The summed E-state index contributed by atoms with van der Waals surface area (Å²) < 4.78 is 13.3. The Morgan fingerprint density at radius 1 is 1.32 bits per heavy atom. The number of aromatic nitrogens is 1. The molecule has 1 aliphatic rings. The van der Waals surface area contributed by atoms with Gasteiger partial charge in [0.15, 0.2) is 11.5 Å². The number of nitrogens with zero attached hydrogens (tertiary/aromatic N) is 1. The van der Waals surface area contributed by atoms with Gasteiger partial charge in [0.1, 0.15) is 5.69 Å². The van der Waals surface area contributed by atoms with Gasteiger partial charge in [-0.05, 0) is 35.8 Å². The highest BCUT2D eigenvalue weighted by Crippen LogP contribution is 2.38. The molecule has 2 aromatic rings. The lowest BCUT2D eigenvalue weighted by Gasteiger charge is -2.14. The van der Waals surface area contributed by atoms with Gasteiger partial charge in [-0.3, -0.25) is 4.79 Å². The summed E-state index contributed by atoms with van der Waals surface area (Å²) in [5, 5.41) is 2.82. The van der Waals surface area contributed by atoms with Crippen molar-refractivity contribution in [1.82, 2.24) is 4.57 Å². The molecule has 2 heterocycles. The monoisotopic (exact) mass is 365 g/mol. The summed E-state index contributed by atoms with van der Waals surface area (Å²) in [7, 11) is 0. The maximum atomic E-state index is 12.5. The predicted octanol–water partition coefficient (Wildman–Crippen LogP) is 3.39. The molecule has 0 fully saturated rings. The van der Waals surface area contributed by atoms with Crippen molar-refractivity contribution in [2.45, 2.75) is 19.9 Å². The van der Waals surface area contributed by atoms with E-state index in [0.29, 0.717) is 28.6 Å². The van der Waals surface area contributed by atoms with Crippen molar-refractivity contribution in [2.24, 2.45) is 0 Å². The number of halogens is 1. The van der Waals surface area contributed by atoms with Crippen LogP contribution in [0.2, 0.25) is 0 Å². The maximum absolute atomic E-state index is 12.5. The first-order chi connectivity index (χ1) is 10.5. The van der Waals surface area contributed by atoms with Crippen LogP contribution in [0.15, 0.2) is 28.9 Å². The van der Waals surface area contributed by atoms with Gasteiger partial charge in [-0.2, -0.15) is 0 Å². The minimum Gasteiger partial charge on any atom is -0.454 e. The second-order valence-corrected chi connectivity index (χ2v) is 6.21. The number of hydrogen-bond acceptors (Lipinski definition) is 4. The molecule has 1 aromatic heterocycles. The standard InChI is InChI=1S/C15H16BrN3O3/c1-8(2)19-6-9(16)3-12(19)15(20)18-11-5-14-13(4-10(11)17)21-7-22-14/h3-6,8H,7,17H2,1-2H3,(H,18,20). The zero-order valence-corrected chi connectivity index (χ0v) is 13.8. The van der Waals surface area contributed by atoms with Gasteiger partial charge in [0.05, 0.1) is 11.4 Å². The Balaban J connectivity index is 1.89. The molecule has 1 aromatic carbocycles. The Morgan fingerprint density at radius 3 is 2.68 bits per heavy atom. The Kier molecular flexibility index (Phi) is 3.74. The third kappa shape index (κ3) is 2.64. The molecule has 3 rings (SSSR count). The number of anilines is 2. The first kappa shape index (κ1) is 14.8. The van der Waals surface area contributed by atoms with Crippen molar-refractivity contribution >= 4 is 33.2 Å². The lowest BCUT2D eigenvalue weighted by atomic mass is 10.2. The lowest BCUT2D eigenvalue weighted by molar-refractivity contribution is 0.101. The smallest absolute Gasteiger partial charge is 0.272 e. The number of rotatable bonds is 3. The quantitative estimate of drug-likeness (QED) is 0.817. The van der Waals surface area contributed by atoms with Crippen LogP contribution in [0.5, 0.6) is 11.5 Å². The van der Waals surface area contributed by atoms with Crippen molar-refractivity contribution in [2.75, 3.05) is 17.8 Å². The molecule has 0 unspecified atom stereocenters. The summed E-state index contributed by atoms with van der Waals surface area (Å²) in [6.07, 6.45) is 1.88. The molecule has 0 bridgehead atoms. The SMILES string of the molecule is CC(C)n1cc(Br)cc1C(=O)Nc1cc2c(cc1N)OCO2. The van der Waals surface area contributed by atoms with E-state index >= 15 is 0 Å². The molecule has 0 atom stereocenters. The van der Waals surface area contributed by atoms with E-state index in [1.54, 1.807) is 18.2 Å². The predicted molar refractivity (Wildman–Crippen MR) is 87.4 cm³/mol. The number of fused-ring (bicyclic) bond motifs is 1. The lowest BCUT2D eigenvalue weighted by Crippen LogP contribution is -2.18. The van der Waals surface area contributed by atoms with Crippen LogP contribution in [0.1, 0.15) is 30.4 Å². The van der Waals surface area contributed by atoms with Crippen molar-refractivity contribution in [3.63, 3.8) is 0 Å². The number of hydrogen-bond donors (Lipinski definition) is 2. The Morgan fingerprint density at radius 2 is 2.00 bits per heavy atom. The molecule has 1 amide bonds. The van der Waals surface area contributed by atoms with E-state index in [0.717, 1.165) is 4.47 Å². The van der Waals surface area contributed by atoms with E-state index in [1.807, 2.05) is 24.6 Å². The third-order valence-corrected chi connectivity index (χ3v) is 3.83. The molecule has 116 valence electrons. The molecule has 3 N–H and O–H groups in total. The minimum atomic E-state index is -0.232. The molecule has 0 aliphatic carbocycles. The molecule has 22 heavy (non-hydrogen) atoms. The molecule has 0 radical (unpaired) electrons. The zero-order valence-electron chi connectivity index (χ0n) is 12.2. The number of carbonyl (C=O) groups excluding carboxylic acids is 1. The normalized spacial score (nSPS) is 12.7. The number of ether oxygens (including phenoxy) is 2. The largest absolute Gasteiger partial charge is 0.454 e. The van der Waals surface area contributed by atoms with Gasteiger partial charge in [-0.15, -0.1) is 0 Å². The van der Waals surface area contributed by atoms with Gasteiger partial charge in [0.2, 0.25) is 6.79 Å². The summed E-state index contributed by atoms with van der Waals surface area (Å²) in [5.74, 6) is 0.929. The van der Waals surface area contributed by atoms with Crippen LogP contribution in [-0.4, -0.2) is 17.3 Å². The average Bonchev–Trinajstić information content (AvgIpc) is 3.05. The Hall–Kier alpha value is -2.15. The molecular formula is C15H16BrN3O3. The fourth-order valence-electron chi connectivity index (χ4n) is 2.31. The Bertz CT molecular complexity index is 740. The fourth-order valence-corrected chi connectivity index (χ4v) is 2.74. The summed E-state index contributed by atoms with van der Waals surface area (Å²) in [4.78, 5) is 12.5. The maximum Gasteiger partial charge on any atom is 0.272 e. The van der Waals surface area contributed by atoms with E-state index in [2.05, 4.69) is 21.2 Å². The minimum absolute atomic E-state index is 0.162. The third-order valence-electron chi connectivity index (χ3n) is 3.40. The highest BCUT2D eigenvalue weighted by atomic mass is 79.9. The van der Waals surface area contributed by atoms with Crippen LogP contribution in [0.25, 0.3) is 0 Å². The molecule has 6 nitrogen and oxygen atoms in total. The van der Waals surface area contributed by atoms with Crippen molar-refractivity contribution in [1.29, 1.82) is 0 Å². The topological polar surface area (TPSA) is 78.5 Å². The molecule has 0 saturated heterocycles. The second-order valence-electron chi connectivity index (χ2n) is 5.29. The number of amides is 1. The van der Waals surface area contributed by atoms with Crippen LogP contribution in [0.3, 0.4) is 0 Å². The first-order valence-corrected chi connectivity index (χ1v) is 7.63. The highest BCUT2D eigenvalue weighted by Gasteiger charge is 2.20. The number of nitrogens with one attached hydrogen (secondary N) is 1. The van der Waals surface area contributed by atoms with Crippen LogP contribution >= 0.6 is 15.9 Å². The van der Waals surface area contributed by atoms with Gasteiger partial charge >= 0.3 is 0 Å². The van der Waals surface area contributed by atoms with Crippen molar-refractivity contribution in [3.8, 4) is 11.5 Å². The van der Waals surface area contributed by atoms with Gasteiger partial charge in [-0.25, -0.2) is 0 Å². The number of nitrogens with two attached hydrogens (primary N) is 1. The van der Waals surface area contributed by atoms with Gasteiger partial charge < -0.3 is 25.1 Å². The highest BCUT2D eigenvalue weighted by molar-refractivity contribution is 9.10.